The van der Waals surface area contributed by atoms with E-state index >= 15 is 0 Å². The third-order valence-electron chi connectivity index (χ3n) is 2.63. The van der Waals surface area contributed by atoms with Crippen molar-refractivity contribution in [2.75, 3.05) is 6.61 Å². The molecule has 0 fully saturated rings. The van der Waals surface area contributed by atoms with Crippen molar-refractivity contribution in [3.05, 3.63) is 33.6 Å². The van der Waals surface area contributed by atoms with Crippen molar-refractivity contribution in [1.29, 1.82) is 0 Å². The van der Waals surface area contributed by atoms with Gasteiger partial charge >= 0.3 is 5.97 Å². The van der Waals surface area contributed by atoms with Crippen LogP contribution in [-0.4, -0.2) is 22.5 Å². The molecule has 20 heavy (non-hydrogen) atoms. The second kappa shape index (κ2) is 5.47. The van der Waals surface area contributed by atoms with Crippen molar-refractivity contribution >= 4 is 50.5 Å². The van der Waals surface area contributed by atoms with Crippen LogP contribution in [0.3, 0.4) is 0 Å². The number of hydrogen-bond acceptors (Lipinski definition) is 6. The maximum Gasteiger partial charge on any atom is 0.339 e. The van der Waals surface area contributed by atoms with E-state index in [9.17, 15) is 4.79 Å². The summed E-state index contributed by atoms with van der Waals surface area (Å²) >= 11 is 9.13. The number of halogens is 1. The fourth-order valence-electron chi connectivity index (χ4n) is 1.77. The summed E-state index contributed by atoms with van der Waals surface area (Å²) in [6, 6.07) is 3.86. The first kappa shape index (κ1) is 13.5. The summed E-state index contributed by atoms with van der Waals surface area (Å²) in [6.45, 7) is 2.08. The topological polar surface area (TPSA) is 52.1 Å². The maximum atomic E-state index is 11.9. The number of carbonyl (C=O) groups is 1. The molecular weight excluding hydrogens is 316 g/mol. The summed E-state index contributed by atoms with van der Waals surface area (Å²) in [5.41, 5.74) is 0.426. The zero-order valence-electron chi connectivity index (χ0n) is 10.4. The van der Waals surface area contributed by atoms with Gasteiger partial charge in [0.1, 0.15) is 9.98 Å². The number of thiophene rings is 2. The molecule has 3 rings (SSSR count). The first-order chi connectivity index (χ1) is 9.70. The highest BCUT2D eigenvalue weighted by Crippen LogP contribution is 2.33. The lowest BCUT2D eigenvalue weighted by molar-refractivity contribution is 0.0529. The average Bonchev–Trinajstić information content (AvgIpc) is 3.08. The minimum absolute atomic E-state index is 0.280. The Bertz CT molecular complexity index is 768. The monoisotopic (exact) mass is 324 g/mol. The number of fused-ring (bicyclic) bond motifs is 1. The maximum absolute atomic E-state index is 11.9. The summed E-state index contributed by atoms with van der Waals surface area (Å²) < 4.78 is 5.01. The quantitative estimate of drug-likeness (QED) is 0.534. The van der Waals surface area contributed by atoms with Crippen LogP contribution >= 0.6 is 34.3 Å². The molecular formula is C13H9ClN2O2S2. The van der Waals surface area contributed by atoms with Crippen LogP contribution in [0.4, 0.5) is 0 Å². The molecule has 0 radical (unpaired) electrons. The third kappa shape index (κ3) is 2.30. The molecule has 0 spiro atoms. The van der Waals surface area contributed by atoms with Gasteiger partial charge in [-0.1, -0.05) is 17.7 Å². The zero-order chi connectivity index (χ0) is 14.1. The van der Waals surface area contributed by atoms with E-state index in [1.54, 1.807) is 23.6 Å². The van der Waals surface area contributed by atoms with E-state index < -0.39 is 5.97 Å². The SMILES string of the molecule is CCOC(=O)c1csc2nc(-c3cccs3)nc(Cl)c12. The fraction of sp³-hybridized carbons (Fsp3) is 0.154. The van der Waals surface area contributed by atoms with Gasteiger partial charge in [0.05, 0.1) is 22.4 Å². The van der Waals surface area contributed by atoms with E-state index in [0.29, 0.717) is 28.2 Å². The molecule has 0 N–H and O–H groups in total. The van der Waals surface area contributed by atoms with Crippen molar-refractivity contribution in [1.82, 2.24) is 9.97 Å². The Morgan fingerprint density at radius 3 is 2.95 bits per heavy atom. The predicted octanol–water partition coefficient (Wildman–Crippen LogP) is 4.25. The van der Waals surface area contributed by atoms with Crippen LogP contribution in [0, 0.1) is 0 Å². The molecule has 0 aromatic carbocycles. The fourth-order valence-corrected chi connectivity index (χ4v) is 3.67. The Kier molecular flexibility index (Phi) is 3.69. The summed E-state index contributed by atoms with van der Waals surface area (Å²) in [7, 11) is 0. The van der Waals surface area contributed by atoms with Crippen LogP contribution in [0.25, 0.3) is 20.9 Å². The lowest BCUT2D eigenvalue weighted by Crippen LogP contribution is -2.04. The van der Waals surface area contributed by atoms with Gasteiger partial charge in [0, 0.05) is 5.38 Å². The lowest BCUT2D eigenvalue weighted by atomic mass is 10.2. The van der Waals surface area contributed by atoms with Crippen LogP contribution in [0.15, 0.2) is 22.9 Å². The Morgan fingerprint density at radius 1 is 1.40 bits per heavy atom. The molecule has 0 aliphatic heterocycles. The van der Waals surface area contributed by atoms with Crippen molar-refractivity contribution in [2.45, 2.75) is 6.92 Å². The summed E-state index contributed by atoms with van der Waals surface area (Å²) in [6.07, 6.45) is 0. The van der Waals surface area contributed by atoms with Gasteiger partial charge < -0.3 is 4.74 Å². The van der Waals surface area contributed by atoms with E-state index in [0.717, 1.165) is 4.88 Å². The minimum Gasteiger partial charge on any atom is -0.462 e. The van der Waals surface area contributed by atoms with E-state index in [4.69, 9.17) is 16.3 Å². The van der Waals surface area contributed by atoms with Crippen molar-refractivity contribution in [3.8, 4) is 10.7 Å². The number of rotatable bonds is 3. The molecule has 3 heterocycles. The Balaban J connectivity index is 2.14. The highest BCUT2D eigenvalue weighted by atomic mass is 35.5. The number of carbonyl (C=O) groups excluding carboxylic acids is 1. The third-order valence-corrected chi connectivity index (χ3v) is 4.64. The van der Waals surface area contributed by atoms with Gasteiger partial charge in [0.2, 0.25) is 0 Å². The molecule has 0 unspecified atom stereocenters. The smallest absolute Gasteiger partial charge is 0.339 e. The van der Waals surface area contributed by atoms with Crippen molar-refractivity contribution < 1.29 is 9.53 Å². The van der Waals surface area contributed by atoms with Crippen LogP contribution in [0.5, 0.6) is 0 Å². The zero-order valence-corrected chi connectivity index (χ0v) is 12.8. The number of hydrogen-bond donors (Lipinski definition) is 0. The van der Waals surface area contributed by atoms with Crippen molar-refractivity contribution in [2.24, 2.45) is 0 Å². The first-order valence-corrected chi connectivity index (χ1v) is 8.00. The summed E-state index contributed by atoms with van der Waals surface area (Å²) in [4.78, 5) is 22.2. The van der Waals surface area contributed by atoms with Gasteiger partial charge in [-0.2, -0.15) is 0 Å². The van der Waals surface area contributed by atoms with Gasteiger partial charge in [-0.05, 0) is 18.4 Å². The molecule has 0 bridgehead atoms. The molecule has 0 aliphatic carbocycles. The molecule has 3 aromatic rings. The summed E-state index contributed by atoms with van der Waals surface area (Å²) in [5.74, 6) is 0.183. The Morgan fingerprint density at radius 2 is 2.25 bits per heavy atom. The van der Waals surface area contributed by atoms with Gasteiger partial charge in [-0.15, -0.1) is 22.7 Å². The van der Waals surface area contributed by atoms with Crippen LogP contribution in [0.1, 0.15) is 17.3 Å². The minimum atomic E-state index is -0.395. The second-order valence-corrected chi connectivity index (χ2v) is 6.03. The molecule has 0 aliphatic rings. The lowest BCUT2D eigenvalue weighted by Gasteiger charge is -2.02. The van der Waals surface area contributed by atoms with Crippen LogP contribution < -0.4 is 0 Å². The molecule has 7 heteroatoms. The van der Waals surface area contributed by atoms with E-state index in [1.165, 1.54) is 11.3 Å². The molecule has 102 valence electrons. The molecule has 3 aromatic heterocycles. The largest absolute Gasteiger partial charge is 0.462 e. The standard InChI is InChI=1S/C13H9ClN2O2S2/c1-2-18-13(17)7-6-20-12-9(7)10(14)15-11(16-12)8-4-3-5-19-8/h3-6H,2H2,1H3. The van der Waals surface area contributed by atoms with Gasteiger partial charge in [-0.25, -0.2) is 14.8 Å². The number of ether oxygens (including phenoxy) is 1. The highest BCUT2D eigenvalue weighted by molar-refractivity contribution is 7.17. The number of esters is 1. The summed E-state index contributed by atoms with van der Waals surface area (Å²) in [5, 5.41) is 4.51. The molecule has 0 saturated heterocycles. The number of aromatic nitrogens is 2. The Hall–Kier alpha value is -1.50. The average molecular weight is 325 g/mol. The van der Waals surface area contributed by atoms with E-state index in [2.05, 4.69) is 9.97 Å². The molecule has 4 nitrogen and oxygen atoms in total. The highest BCUT2D eigenvalue weighted by Gasteiger charge is 2.19. The van der Waals surface area contributed by atoms with Crippen molar-refractivity contribution in [3.63, 3.8) is 0 Å². The van der Waals surface area contributed by atoms with Gasteiger partial charge in [0.25, 0.3) is 0 Å². The first-order valence-electron chi connectivity index (χ1n) is 5.86. The van der Waals surface area contributed by atoms with Gasteiger partial charge in [-0.3, -0.25) is 0 Å². The molecule has 0 saturated carbocycles. The number of nitrogens with zero attached hydrogens (tertiary/aromatic N) is 2. The van der Waals surface area contributed by atoms with Crippen LogP contribution in [0.2, 0.25) is 5.15 Å². The normalized spacial score (nSPS) is 10.9. The second-order valence-electron chi connectivity index (χ2n) is 3.87. The Labute approximate surface area is 128 Å². The van der Waals surface area contributed by atoms with E-state index in [-0.39, 0.29) is 5.15 Å². The van der Waals surface area contributed by atoms with Crippen LogP contribution in [-0.2, 0) is 4.74 Å². The van der Waals surface area contributed by atoms with E-state index in [1.807, 2.05) is 17.5 Å². The molecule has 0 atom stereocenters. The predicted molar refractivity (Wildman–Crippen MR) is 81.7 cm³/mol. The van der Waals surface area contributed by atoms with Gasteiger partial charge in [0.15, 0.2) is 5.82 Å². The molecule has 0 amide bonds.